The molecule has 8 heteroatoms. The molecule has 0 aliphatic heterocycles. The molecule has 2 atom stereocenters. The van der Waals surface area contributed by atoms with Gasteiger partial charge in [-0.25, -0.2) is 8.78 Å². The molecule has 0 spiro atoms. The molecule has 0 aromatic heterocycles. The summed E-state index contributed by atoms with van der Waals surface area (Å²) >= 11 is 0. The van der Waals surface area contributed by atoms with Crippen molar-refractivity contribution in [2.75, 3.05) is 13.7 Å². The van der Waals surface area contributed by atoms with E-state index in [4.69, 9.17) is 10.3 Å². The Bertz CT molecular complexity index is 492. The second-order valence-corrected chi connectivity index (χ2v) is 3.76. The molecule has 6 nitrogen and oxygen atoms in total. The summed E-state index contributed by atoms with van der Waals surface area (Å²) < 4.78 is 31.0. The molecule has 0 fully saturated rings. The van der Waals surface area contributed by atoms with Crippen molar-refractivity contribution in [1.82, 2.24) is 0 Å². The number of benzene rings is 1. The fourth-order valence-electron chi connectivity index (χ4n) is 1.55. The number of methoxy groups -OCH3 is 1. The van der Waals surface area contributed by atoms with E-state index in [2.05, 4.69) is 10.0 Å². The van der Waals surface area contributed by atoms with Crippen molar-refractivity contribution in [2.24, 2.45) is 5.11 Å². The molecule has 0 aliphatic carbocycles. The molecule has 19 heavy (non-hydrogen) atoms. The van der Waals surface area contributed by atoms with Crippen LogP contribution in [0.3, 0.4) is 0 Å². The molecule has 2 N–H and O–H groups in total. The highest BCUT2D eigenvalue weighted by Crippen LogP contribution is 2.30. The maximum Gasteiger partial charge on any atom is 0.162 e. The van der Waals surface area contributed by atoms with Gasteiger partial charge in [-0.05, 0) is 18.0 Å². The Morgan fingerprint density at radius 3 is 2.58 bits per heavy atom. The number of aliphatic hydroxyl groups excluding tert-OH is 2. The van der Waals surface area contributed by atoms with Crippen molar-refractivity contribution in [3.8, 4) is 5.75 Å². The van der Waals surface area contributed by atoms with Crippen molar-refractivity contribution in [1.29, 1.82) is 0 Å². The van der Waals surface area contributed by atoms with Crippen LogP contribution in [0.1, 0.15) is 18.1 Å². The predicted molar refractivity (Wildman–Crippen MR) is 62.5 cm³/mol. The van der Waals surface area contributed by atoms with Crippen LogP contribution in [-0.2, 0) is 0 Å². The third-order valence-electron chi connectivity index (χ3n) is 2.54. The number of rotatable bonds is 6. The lowest BCUT2D eigenvalue weighted by molar-refractivity contribution is 0.0134. The number of azide groups is 1. The first kappa shape index (κ1) is 15.2. The molecule has 0 bridgehead atoms. The van der Waals surface area contributed by atoms with E-state index in [0.29, 0.717) is 0 Å². The van der Waals surface area contributed by atoms with Gasteiger partial charge in [0, 0.05) is 23.1 Å². The summed E-state index contributed by atoms with van der Waals surface area (Å²) in [6.07, 6.45) is -2.78. The van der Waals surface area contributed by atoms with Gasteiger partial charge < -0.3 is 14.9 Å². The summed E-state index contributed by atoms with van der Waals surface area (Å²) in [4.78, 5) is 2.50. The topological polar surface area (TPSA) is 98.5 Å². The molecule has 0 radical (unpaired) electrons. The van der Waals surface area contributed by atoms with Crippen LogP contribution in [0.2, 0.25) is 0 Å². The predicted octanol–water partition coefficient (Wildman–Crippen LogP) is 2.07. The summed E-state index contributed by atoms with van der Waals surface area (Å²) in [6, 6.07) is 1.55. The fraction of sp³-hybridized carbons (Fsp3) is 0.455. The normalized spacial score (nSPS) is 13.5. The van der Waals surface area contributed by atoms with Crippen molar-refractivity contribution in [3.63, 3.8) is 0 Å². The zero-order valence-corrected chi connectivity index (χ0v) is 10.1. The molecular formula is C11H13F2N3O3. The summed E-state index contributed by atoms with van der Waals surface area (Å²) in [5.74, 6) is -2.34. The van der Waals surface area contributed by atoms with Crippen LogP contribution in [0.4, 0.5) is 8.78 Å². The van der Waals surface area contributed by atoms with Crippen LogP contribution in [0.15, 0.2) is 17.2 Å². The van der Waals surface area contributed by atoms with Crippen LogP contribution in [0.25, 0.3) is 10.4 Å². The van der Waals surface area contributed by atoms with Gasteiger partial charge in [0.25, 0.3) is 0 Å². The van der Waals surface area contributed by atoms with Gasteiger partial charge in [-0.2, -0.15) is 0 Å². The molecule has 0 saturated carbocycles. The maximum atomic E-state index is 13.1. The minimum atomic E-state index is -1.47. The number of nitrogens with zero attached hydrogens (tertiary/aromatic N) is 3. The highest BCUT2D eigenvalue weighted by molar-refractivity contribution is 5.37. The largest absolute Gasteiger partial charge is 0.496 e. The SMILES string of the molecule is COc1cc(F)c(F)cc1C(O)C(O)CCN=[N+]=[N-]. The highest BCUT2D eigenvalue weighted by atomic mass is 19.2. The van der Waals surface area contributed by atoms with E-state index < -0.39 is 23.8 Å². The Morgan fingerprint density at radius 1 is 1.37 bits per heavy atom. The Morgan fingerprint density at radius 2 is 2.00 bits per heavy atom. The number of hydrogen-bond acceptors (Lipinski definition) is 4. The maximum absolute atomic E-state index is 13.1. The monoisotopic (exact) mass is 273 g/mol. The molecule has 1 rings (SSSR count). The molecule has 1 aromatic rings. The zero-order chi connectivity index (χ0) is 14.4. The van der Waals surface area contributed by atoms with E-state index in [1.807, 2.05) is 0 Å². The van der Waals surface area contributed by atoms with Crippen molar-refractivity contribution in [3.05, 3.63) is 39.8 Å². The third-order valence-corrected chi connectivity index (χ3v) is 2.54. The molecular weight excluding hydrogens is 260 g/mol. The first-order valence-electron chi connectivity index (χ1n) is 5.41. The van der Waals surface area contributed by atoms with E-state index in [0.717, 1.165) is 12.1 Å². The van der Waals surface area contributed by atoms with Crippen molar-refractivity contribution < 1.29 is 23.7 Å². The van der Waals surface area contributed by atoms with Crippen LogP contribution in [-0.4, -0.2) is 30.0 Å². The minimum absolute atomic E-state index is 0.0205. The number of hydrogen-bond donors (Lipinski definition) is 2. The van der Waals surface area contributed by atoms with Gasteiger partial charge >= 0.3 is 0 Å². The smallest absolute Gasteiger partial charge is 0.162 e. The summed E-state index contributed by atoms with van der Waals surface area (Å²) in [7, 11) is 1.23. The Balaban J connectivity index is 2.94. The van der Waals surface area contributed by atoms with E-state index in [1.165, 1.54) is 7.11 Å². The number of halogens is 2. The van der Waals surface area contributed by atoms with E-state index >= 15 is 0 Å². The van der Waals surface area contributed by atoms with Gasteiger partial charge in [0.05, 0.1) is 13.2 Å². The Hall–Kier alpha value is -1.89. The van der Waals surface area contributed by atoms with Crippen molar-refractivity contribution in [2.45, 2.75) is 18.6 Å². The van der Waals surface area contributed by atoms with Gasteiger partial charge in [0.2, 0.25) is 0 Å². The highest BCUT2D eigenvalue weighted by Gasteiger charge is 2.23. The molecule has 104 valence electrons. The molecule has 0 aliphatic rings. The zero-order valence-electron chi connectivity index (χ0n) is 10.1. The molecule has 0 saturated heterocycles. The fourth-order valence-corrected chi connectivity index (χ4v) is 1.55. The van der Waals surface area contributed by atoms with Gasteiger partial charge in [-0.3, -0.25) is 0 Å². The Labute approximate surface area is 107 Å². The van der Waals surface area contributed by atoms with Gasteiger partial charge in [-0.15, -0.1) is 0 Å². The summed E-state index contributed by atoms with van der Waals surface area (Å²) in [6.45, 7) is -0.0271. The van der Waals surface area contributed by atoms with Crippen LogP contribution >= 0.6 is 0 Å². The quantitative estimate of drug-likeness (QED) is 0.471. The average molecular weight is 273 g/mol. The van der Waals surface area contributed by atoms with Gasteiger partial charge in [-0.1, -0.05) is 5.11 Å². The Kier molecular flexibility index (Phi) is 5.50. The number of aliphatic hydroxyl groups is 2. The second-order valence-electron chi connectivity index (χ2n) is 3.76. The lowest BCUT2D eigenvalue weighted by atomic mass is 10.0. The van der Waals surface area contributed by atoms with E-state index in [1.54, 1.807) is 0 Å². The first-order valence-corrected chi connectivity index (χ1v) is 5.41. The summed E-state index contributed by atoms with van der Waals surface area (Å²) in [5.41, 5.74) is 8.01. The van der Waals surface area contributed by atoms with Crippen LogP contribution in [0.5, 0.6) is 5.75 Å². The molecule has 0 heterocycles. The van der Waals surface area contributed by atoms with Crippen molar-refractivity contribution >= 4 is 0 Å². The summed E-state index contributed by atoms with van der Waals surface area (Å²) in [5, 5.41) is 22.7. The van der Waals surface area contributed by atoms with Crippen LogP contribution in [0, 0.1) is 11.6 Å². The van der Waals surface area contributed by atoms with Crippen LogP contribution < -0.4 is 4.74 Å². The first-order chi connectivity index (χ1) is 9.01. The van der Waals surface area contributed by atoms with E-state index in [9.17, 15) is 19.0 Å². The van der Waals surface area contributed by atoms with Gasteiger partial charge in [0.1, 0.15) is 11.9 Å². The van der Waals surface area contributed by atoms with Gasteiger partial charge in [0.15, 0.2) is 11.6 Å². The molecule has 0 amide bonds. The lowest BCUT2D eigenvalue weighted by Gasteiger charge is -2.19. The molecule has 2 unspecified atom stereocenters. The second kappa shape index (κ2) is 6.89. The average Bonchev–Trinajstić information content (AvgIpc) is 2.40. The third kappa shape index (κ3) is 3.78. The standard InChI is InChI=1S/C11H13F2N3O3/c1-19-10-5-8(13)7(12)4-6(10)11(18)9(17)2-3-15-16-14/h4-5,9,11,17-18H,2-3H2,1H3. The van der Waals surface area contributed by atoms with E-state index in [-0.39, 0.29) is 24.3 Å². The molecule has 1 aromatic carbocycles. The lowest BCUT2D eigenvalue weighted by Crippen LogP contribution is -2.20. The number of ether oxygens (including phenoxy) is 1. The minimum Gasteiger partial charge on any atom is -0.496 e.